The Morgan fingerprint density at radius 1 is 1.21 bits per heavy atom. The van der Waals surface area contributed by atoms with E-state index in [9.17, 15) is 5.11 Å². The highest BCUT2D eigenvalue weighted by Crippen LogP contribution is 2.38. The van der Waals surface area contributed by atoms with Gasteiger partial charge in [0.1, 0.15) is 17.3 Å². The fourth-order valence-electron chi connectivity index (χ4n) is 4.71. The standard InChI is InChI=1S/C22H26ClN5O/c1-14-10-18-16(21(25-13-24-18)27-8-6-22(2,29)7-9-27)12-28(14)19-11-20(23)26-17-5-3-4-15(17)19/h3-4,11,13-14,29H,5-10,12H2,1-2H3/t14-/m1/s1. The Kier molecular flexibility index (Phi) is 4.51. The van der Waals surface area contributed by atoms with Crippen LogP contribution in [-0.4, -0.2) is 44.8 Å². The van der Waals surface area contributed by atoms with Crippen LogP contribution in [0, 0.1) is 0 Å². The second-order valence-electron chi connectivity index (χ2n) is 8.72. The first kappa shape index (κ1) is 18.8. The van der Waals surface area contributed by atoms with E-state index in [1.165, 1.54) is 11.1 Å². The van der Waals surface area contributed by atoms with Gasteiger partial charge in [0, 0.05) is 55.3 Å². The lowest BCUT2D eigenvalue weighted by Crippen LogP contribution is -2.45. The molecule has 0 spiro atoms. The zero-order valence-corrected chi connectivity index (χ0v) is 17.7. The molecular weight excluding hydrogens is 386 g/mol. The first-order chi connectivity index (χ1) is 13.9. The van der Waals surface area contributed by atoms with Crippen molar-refractivity contribution in [1.29, 1.82) is 0 Å². The number of fused-ring (bicyclic) bond motifs is 2. The fraction of sp³-hybridized carbons (Fsp3) is 0.500. The molecule has 1 saturated heterocycles. The highest BCUT2D eigenvalue weighted by atomic mass is 35.5. The SMILES string of the molecule is C[C@@H]1Cc2ncnc(N3CCC(C)(O)CC3)c2CN1c1cc(Cl)nc2c1C=CC2. The summed E-state index contributed by atoms with van der Waals surface area (Å²) in [6, 6.07) is 2.29. The monoisotopic (exact) mass is 411 g/mol. The van der Waals surface area contributed by atoms with E-state index in [0.29, 0.717) is 11.2 Å². The normalized spacial score (nSPS) is 22.6. The van der Waals surface area contributed by atoms with Crippen molar-refractivity contribution in [2.75, 3.05) is 22.9 Å². The molecule has 0 aromatic carbocycles. The number of aromatic nitrogens is 3. The van der Waals surface area contributed by atoms with E-state index in [1.807, 2.05) is 13.0 Å². The third-order valence-electron chi connectivity index (χ3n) is 6.49. The van der Waals surface area contributed by atoms with E-state index in [4.69, 9.17) is 11.6 Å². The predicted octanol–water partition coefficient (Wildman–Crippen LogP) is 3.40. The Morgan fingerprint density at radius 2 is 2.00 bits per heavy atom. The lowest BCUT2D eigenvalue weighted by Gasteiger charge is -2.41. The molecule has 152 valence electrons. The van der Waals surface area contributed by atoms with Crippen LogP contribution in [0.25, 0.3) is 6.08 Å². The summed E-state index contributed by atoms with van der Waals surface area (Å²) in [4.78, 5) is 18.5. The lowest BCUT2D eigenvalue weighted by atomic mass is 9.93. The fourth-order valence-corrected chi connectivity index (χ4v) is 4.92. The Morgan fingerprint density at radius 3 is 2.79 bits per heavy atom. The van der Waals surface area contributed by atoms with E-state index < -0.39 is 5.60 Å². The summed E-state index contributed by atoms with van der Waals surface area (Å²) in [5.74, 6) is 1.01. The number of rotatable bonds is 2. The van der Waals surface area contributed by atoms with Crippen LogP contribution in [0.1, 0.15) is 49.2 Å². The van der Waals surface area contributed by atoms with E-state index in [-0.39, 0.29) is 0 Å². The number of hydrogen-bond acceptors (Lipinski definition) is 6. The van der Waals surface area contributed by atoms with Gasteiger partial charge < -0.3 is 14.9 Å². The molecule has 0 radical (unpaired) electrons. The molecule has 0 unspecified atom stereocenters. The summed E-state index contributed by atoms with van der Waals surface area (Å²) >= 11 is 6.35. The maximum atomic E-state index is 10.3. The molecule has 1 fully saturated rings. The maximum Gasteiger partial charge on any atom is 0.137 e. The van der Waals surface area contributed by atoms with Crippen molar-refractivity contribution in [3.05, 3.63) is 46.1 Å². The van der Waals surface area contributed by atoms with Crippen molar-refractivity contribution >= 4 is 29.2 Å². The number of piperidine rings is 1. The summed E-state index contributed by atoms with van der Waals surface area (Å²) in [5, 5.41) is 10.9. The van der Waals surface area contributed by atoms with Crippen LogP contribution < -0.4 is 9.80 Å². The van der Waals surface area contributed by atoms with Gasteiger partial charge in [0.15, 0.2) is 0 Å². The minimum absolute atomic E-state index is 0.309. The molecule has 2 aromatic rings. The van der Waals surface area contributed by atoms with E-state index in [1.54, 1.807) is 6.33 Å². The highest BCUT2D eigenvalue weighted by molar-refractivity contribution is 6.29. The molecule has 2 aromatic heterocycles. The molecule has 0 bridgehead atoms. The van der Waals surface area contributed by atoms with Gasteiger partial charge in [-0.25, -0.2) is 15.0 Å². The number of nitrogens with zero attached hydrogens (tertiary/aromatic N) is 5. The third kappa shape index (κ3) is 3.38. The molecule has 3 aliphatic rings. The van der Waals surface area contributed by atoms with Gasteiger partial charge in [0.25, 0.3) is 0 Å². The zero-order valence-electron chi connectivity index (χ0n) is 16.9. The minimum Gasteiger partial charge on any atom is -0.390 e. The number of hydrogen-bond donors (Lipinski definition) is 1. The lowest BCUT2D eigenvalue weighted by molar-refractivity contribution is 0.0350. The first-order valence-corrected chi connectivity index (χ1v) is 10.7. The smallest absolute Gasteiger partial charge is 0.137 e. The van der Waals surface area contributed by atoms with Gasteiger partial charge in [-0.05, 0) is 32.8 Å². The van der Waals surface area contributed by atoms with Gasteiger partial charge >= 0.3 is 0 Å². The van der Waals surface area contributed by atoms with E-state index in [0.717, 1.165) is 68.2 Å². The van der Waals surface area contributed by atoms with Crippen LogP contribution in [0.15, 0.2) is 18.5 Å². The largest absolute Gasteiger partial charge is 0.390 e. The minimum atomic E-state index is -0.579. The summed E-state index contributed by atoms with van der Waals surface area (Å²) in [5.41, 5.74) is 5.11. The molecule has 4 heterocycles. The number of aliphatic hydroxyl groups is 1. The molecule has 0 amide bonds. The molecule has 7 heteroatoms. The van der Waals surface area contributed by atoms with Gasteiger partial charge in [-0.3, -0.25) is 0 Å². The highest BCUT2D eigenvalue weighted by Gasteiger charge is 2.33. The Hall–Kier alpha value is -2.18. The van der Waals surface area contributed by atoms with Gasteiger partial charge in [-0.1, -0.05) is 23.8 Å². The molecule has 6 nitrogen and oxygen atoms in total. The second kappa shape index (κ2) is 6.96. The topological polar surface area (TPSA) is 65.4 Å². The molecule has 29 heavy (non-hydrogen) atoms. The molecule has 5 rings (SSSR count). The second-order valence-corrected chi connectivity index (χ2v) is 9.11. The van der Waals surface area contributed by atoms with Gasteiger partial charge in [-0.2, -0.15) is 0 Å². The Labute approximate surface area is 176 Å². The molecule has 2 aliphatic heterocycles. The van der Waals surface area contributed by atoms with Crippen LogP contribution in [0.2, 0.25) is 5.15 Å². The van der Waals surface area contributed by atoms with Gasteiger partial charge in [0.2, 0.25) is 0 Å². The summed E-state index contributed by atoms with van der Waals surface area (Å²) in [6.07, 6.45) is 9.21. The number of anilines is 2. The quantitative estimate of drug-likeness (QED) is 0.764. The van der Waals surface area contributed by atoms with Crippen molar-refractivity contribution in [3.63, 3.8) is 0 Å². The van der Waals surface area contributed by atoms with Crippen molar-refractivity contribution in [2.45, 2.75) is 57.7 Å². The molecule has 1 aliphatic carbocycles. The van der Waals surface area contributed by atoms with Crippen LogP contribution in [0.3, 0.4) is 0 Å². The summed E-state index contributed by atoms with van der Waals surface area (Å²) < 4.78 is 0. The van der Waals surface area contributed by atoms with Crippen LogP contribution in [0.4, 0.5) is 11.5 Å². The maximum absolute atomic E-state index is 10.3. The van der Waals surface area contributed by atoms with Crippen LogP contribution >= 0.6 is 11.6 Å². The Bertz CT molecular complexity index is 979. The molecule has 0 saturated carbocycles. The van der Waals surface area contributed by atoms with Gasteiger partial charge in [0.05, 0.1) is 17.0 Å². The number of pyridine rings is 1. The zero-order chi connectivity index (χ0) is 20.2. The Balaban J connectivity index is 1.51. The third-order valence-corrected chi connectivity index (χ3v) is 6.68. The molecule has 1 atom stereocenters. The summed E-state index contributed by atoms with van der Waals surface area (Å²) in [7, 11) is 0. The molecular formula is C22H26ClN5O. The van der Waals surface area contributed by atoms with E-state index in [2.05, 4.69) is 43.8 Å². The number of halogens is 1. The average Bonchev–Trinajstić information content (AvgIpc) is 3.15. The van der Waals surface area contributed by atoms with Crippen molar-refractivity contribution in [2.24, 2.45) is 0 Å². The van der Waals surface area contributed by atoms with Crippen molar-refractivity contribution in [3.8, 4) is 0 Å². The van der Waals surface area contributed by atoms with E-state index >= 15 is 0 Å². The van der Waals surface area contributed by atoms with Crippen molar-refractivity contribution in [1.82, 2.24) is 15.0 Å². The van der Waals surface area contributed by atoms with Gasteiger partial charge in [-0.15, -0.1) is 0 Å². The molecule has 1 N–H and O–H groups in total. The predicted molar refractivity (Wildman–Crippen MR) is 115 cm³/mol. The average molecular weight is 412 g/mol. The van der Waals surface area contributed by atoms with Crippen LogP contribution in [0.5, 0.6) is 0 Å². The summed E-state index contributed by atoms with van der Waals surface area (Å²) in [6.45, 7) is 6.53. The number of allylic oxidation sites excluding steroid dienone is 1. The van der Waals surface area contributed by atoms with Crippen molar-refractivity contribution < 1.29 is 5.11 Å². The first-order valence-electron chi connectivity index (χ1n) is 10.3. The van der Waals surface area contributed by atoms with Crippen LogP contribution in [-0.2, 0) is 19.4 Å².